The quantitative estimate of drug-likeness (QED) is 0.793. The van der Waals surface area contributed by atoms with Gasteiger partial charge in [0.05, 0.1) is 0 Å². The first-order valence-electron chi connectivity index (χ1n) is 11.3. The molecule has 2 aromatic carbocycles. The van der Waals surface area contributed by atoms with Crippen LogP contribution in [0.4, 0.5) is 5.69 Å². The fourth-order valence-corrected chi connectivity index (χ4v) is 5.69. The van der Waals surface area contributed by atoms with Crippen LogP contribution < -0.4 is 5.32 Å². The van der Waals surface area contributed by atoms with Gasteiger partial charge in [-0.05, 0) is 68.0 Å². The number of piperidine rings is 1. The van der Waals surface area contributed by atoms with E-state index >= 15 is 0 Å². The van der Waals surface area contributed by atoms with E-state index in [0.717, 1.165) is 5.56 Å². The SMILES string of the molecule is COC1C(=O)Nc2ccc(C=CC3CCCN4CCCC34)cc2C1(O)c1ccccc1. The largest absolute Gasteiger partial charge is 0.377 e. The number of rotatable bonds is 4. The van der Waals surface area contributed by atoms with Gasteiger partial charge in [-0.3, -0.25) is 9.69 Å². The fourth-order valence-electron chi connectivity index (χ4n) is 5.69. The number of carbonyl (C=O) groups excluding carboxylic acids is 1. The van der Waals surface area contributed by atoms with Gasteiger partial charge >= 0.3 is 0 Å². The molecule has 0 radical (unpaired) electrons. The molecule has 162 valence electrons. The van der Waals surface area contributed by atoms with Crippen molar-refractivity contribution >= 4 is 17.7 Å². The maximum Gasteiger partial charge on any atom is 0.257 e. The molecular formula is C26H30N2O3. The molecule has 3 aliphatic rings. The highest BCUT2D eigenvalue weighted by atomic mass is 16.5. The Balaban J connectivity index is 1.51. The molecule has 3 aliphatic heterocycles. The van der Waals surface area contributed by atoms with Crippen LogP contribution in [-0.2, 0) is 15.1 Å². The van der Waals surface area contributed by atoms with Crippen molar-refractivity contribution in [2.24, 2.45) is 5.92 Å². The number of aliphatic hydroxyl groups is 1. The average Bonchev–Trinajstić information content (AvgIpc) is 3.28. The molecule has 5 heteroatoms. The van der Waals surface area contributed by atoms with Gasteiger partial charge in [0.25, 0.3) is 5.91 Å². The second-order valence-corrected chi connectivity index (χ2v) is 8.95. The Morgan fingerprint density at radius 3 is 2.68 bits per heavy atom. The second kappa shape index (κ2) is 8.23. The Morgan fingerprint density at radius 2 is 1.90 bits per heavy atom. The maximum absolute atomic E-state index is 12.7. The maximum atomic E-state index is 12.7. The Labute approximate surface area is 183 Å². The first-order valence-corrected chi connectivity index (χ1v) is 11.3. The number of methoxy groups -OCH3 is 1. The summed E-state index contributed by atoms with van der Waals surface area (Å²) in [5.74, 6) is 0.236. The van der Waals surface area contributed by atoms with Crippen LogP contribution in [0.2, 0.25) is 0 Å². The number of nitrogens with zero attached hydrogens (tertiary/aromatic N) is 1. The molecule has 4 unspecified atom stereocenters. The molecule has 3 heterocycles. The molecular weight excluding hydrogens is 388 g/mol. The summed E-state index contributed by atoms with van der Waals surface area (Å²) in [7, 11) is 1.46. The predicted molar refractivity (Wildman–Crippen MR) is 122 cm³/mol. The van der Waals surface area contributed by atoms with Gasteiger partial charge in [0.1, 0.15) is 0 Å². The van der Waals surface area contributed by atoms with E-state index in [1.807, 2.05) is 48.5 Å². The van der Waals surface area contributed by atoms with E-state index in [1.54, 1.807) is 0 Å². The molecule has 4 atom stereocenters. The summed E-state index contributed by atoms with van der Waals surface area (Å²) in [6, 6.07) is 15.9. The van der Waals surface area contributed by atoms with E-state index in [1.165, 1.54) is 45.9 Å². The van der Waals surface area contributed by atoms with Crippen LogP contribution in [0.25, 0.3) is 6.08 Å². The second-order valence-electron chi connectivity index (χ2n) is 8.95. The van der Waals surface area contributed by atoms with E-state index in [4.69, 9.17) is 4.74 Å². The summed E-state index contributed by atoms with van der Waals surface area (Å²) in [6.45, 7) is 2.46. The van der Waals surface area contributed by atoms with Crippen LogP contribution in [0.15, 0.2) is 54.6 Å². The Kier molecular flexibility index (Phi) is 5.42. The Bertz CT molecular complexity index is 989. The normalized spacial score (nSPS) is 30.8. The van der Waals surface area contributed by atoms with Gasteiger partial charge in [-0.15, -0.1) is 0 Å². The highest BCUT2D eigenvalue weighted by Gasteiger charge is 2.49. The molecule has 2 saturated heterocycles. The lowest BCUT2D eigenvalue weighted by molar-refractivity contribution is -0.142. The molecule has 2 fully saturated rings. The molecule has 2 aromatic rings. The molecule has 1 amide bonds. The van der Waals surface area contributed by atoms with Crippen molar-refractivity contribution in [2.45, 2.75) is 43.4 Å². The molecule has 2 N–H and O–H groups in total. The number of carbonyl (C=O) groups is 1. The number of hydrogen-bond acceptors (Lipinski definition) is 4. The third-order valence-electron chi connectivity index (χ3n) is 7.21. The van der Waals surface area contributed by atoms with Crippen molar-refractivity contribution in [1.29, 1.82) is 0 Å². The lowest BCUT2D eigenvalue weighted by Crippen LogP contribution is -2.52. The molecule has 31 heavy (non-hydrogen) atoms. The van der Waals surface area contributed by atoms with Crippen LogP contribution in [-0.4, -0.2) is 48.3 Å². The molecule has 0 saturated carbocycles. The predicted octanol–water partition coefficient (Wildman–Crippen LogP) is 3.78. The number of benzene rings is 2. The van der Waals surface area contributed by atoms with Gasteiger partial charge in [-0.25, -0.2) is 0 Å². The van der Waals surface area contributed by atoms with Crippen molar-refractivity contribution in [3.8, 4) is 0 Å². The monoisotopic (exact) mass is 418 g/mol. The fraction of sp³-hybridized carbons (Fsp3) is 0.423. The summed E-state index contributed by atoms with van der Waals surface area (Å²) in [5, 5.41) is 14.8. The number of hydrogen-bond donors (Lipinski definition) is 2. The highest BCUT2D eigenvalue weighted by molar-refractivity contribution is 5.99. The van der Waals surface area contributed by atoms with E-state index in [2.05, 4.69) is 22.4 Å². The summed E-state index contributed by atoms with van der Waals surface area (Å²) < 4.78 is 5.49. The lowest BCUT2D eigenvalue weighted by atomic mass is 9.77. The summed E-state index contributed by atoms with van der Waals surface area (Å²) in [5.41, 5.74) is 1.41. The zero-order chi connectivity index (χ0) is 21.4. The van der Waals surface area contributed by atoms with Crippen molar-refractivity contribution in [1.82, 2.24) is 4.90 Å². The third-order valence-corrected chi connectivity index (χ3v) is 7.21. The molecule has 0 bridgehead atoms. The molecule has 5 rings (SSSR count). The number of ether oxygens (including phenoxy) is 1. The summed E-state index contributed by atoms with van der Waals surface area (Å²) in [6.07, 6.45) is 8.58. The van der Waals surface area contributed by atoms with Crippen molar-refractivity contribution in [3.05, 3.63) is 71.3 Å². The standard InChI is InChI=1S/C26H30N2O3/c1-31-24-25(29)27-22-14-12-18(11-13-19-7-5-15-28-16-6-10-23(19)28)17-21(22)26(24,30)20-8-3-2-4-9-20/h2-4,8-9,11-14,17,19,23-24,30H,5-7,10,15-16H2,1H3,(H,27,29). The topological polar surface area (TPSA) is 61.8 Å². The Hall–Kier alpha value is -2.47. The van der Waals surface area contributed by atoms with E-state index in [-0.39, 0.29) is 5.91 Å². The van der Waals surface area contributed by atoms with Crippen molar-refractivity contribution in [2.75, 3.05) is 25.5 Å². The highest BCUT2D eigenvalue weighted by Crippen LogP contribution is 2.43. The van der Waals surface area contributed by atoms with Crippen LogP contribution >= 0.6 is 0 Å². The van der Waals surface area contributed by atoms with Crippen LogP contribution in [0.3, 0.4) is 0 Å². The van der Waals surface area contributed by atoms with Gasteiger partial charge in [0, 0.05) is 24.4 Å². The van der Waals surface area contributed by atoms with Crippen molar-refractivity contribution in [3.63, 3.8) is 0 Å². The van der Waals surface area contributed by atoms with Gasteiger partial charge < -0.3 is 15.2 Å². The number of anilines is 1. The summed E-state index contributed by atoms with van der Waals surface area (Å²) >= 11 is 0. The smallest absolute Gasteiger partial charge is 0.257 e. The number of fused-ring (bicyclic) bond motifs is 2. The first-order chi connectivity index (χ1) is 15.1. The molecule has 0 aliphatic carbocycles. The zero-order valence-corrected chi connectivity index (χ0v) is 18.0. The van der Waals surface area contributed by atoms with Crippen LogP contribution in [0, 0.1) is 5.92 Å². The van der Waals surface area contributed by atoms with E-state index < -0.39 is 11.7 Å². The number of amides is 1. The third kappa shape index (κ3) is 3.51. The lowest BCUT2D eigenvalue weighted by Gasteiger charge is -2.40. The van der Waals surface area contributed by atoms with Crippen LogP contribution in [0.1, 0.15) is 42.4 Å². The minimum atomic E-state index is -1.55. The average molecular weight is 419 g/mol. The molecule has 0 aromatic heterocycles. The van der Waals surface area contributed by atoms with Gasteiger partial charge in [-0.1, -0.05) is 48.6 Å². The van der Waals surface area contributed by atoms with Crippen LogP contribution in [0.5, 0.6) is 0 Å². The zero-order valence-electron chi connectivity index (χ0n) is 18.0. The van der Waals surface area contributed by atoms with E-state index in [9.17, 15) is 9.90 Å². The molecule has 0 spiro atoms. The summed E-state index contributed by atoms with van der Waals surface area (Å²) in [4.78, 5) is 15.3. The molecule has 5 nitrogen and oxygen atoms in total. The minimum absolute atomic E-state index is 0.340. The van der Waals surface area contributed by atoms with Gasteiger partial charge in [0.15, 0.2) is 11.7 Å². The Morgan fingerprint density at radius 1 is 1.13 bits per heavy atom. The minimum Gasteiger partial charge on any atom is -0.377 e. The van der Waals surface area contributed by atoms with Crippen molar-refractivity contribution < 1.29 is 14.6 Å². The van der Waals surface area contributed by atoms with Gasteiger partial charge in [-0.2, -0.15) is 0 Å². The van der Waals surface area contributed by atoms with E-state index in [0.29, 0.717) is 28.8 Å². The first kappa shape index (κ1) is 20.4. The van der Waals surface area contributed by atoms with Gasteiger partial charge in [0.2, 0.25) is 0 Å². The number of nitrogens with one attached hydrogen (secondary N) is 1.